The van der Waals surface area contributed by atoms with Crippen molar-refractivity contribution < 1.29 is 9.47 Å². The molecule has 18 heavy (non-hydrogen) atoms. The van der Waals surface area contributed by atoms with Crippen molar-refractivity contribution in [3.63, 3.8) is 0 Å². The van der Waals surface area contributed by atoms with Gasteiger partial charge in [-0.05, 0) is 0 Å². The molecule has 2 radical (unpaired) electrons. The van der Waals surface area contributed by atoms with Crippen LogP contribution < -0.4 is 0 Å². The average molecular weight is 472 g/mol. The maximum atomic E-state index is 5.22. The molecule has 0 aliphatic heterocycles. The zero-order valence-electron chi connectivity index (χ0n) is 13.5. The summed E-state index contributed by atoms with van der Waals surface area (Å²) < 4.78 is 13.4. The van der Waals surface area contributed by atoms with Crippen LogP contribution in [-0.4, -0.2) is 65.9 Å². The summed E-state index contributed by atoms with van der Waals surface area (Å²) >= 11 is -1.52. The van der Waals surface area contributed by atoms with Gasteiger partial charge in [-0.1, -0.05) is 0 Å². The number of ether oxygens (including phenoxy) is 2. The standard InChI is InChI=1S/2C5H11O.4CH3.2Sn/c2*1-3-5-6-4-2;;;;;;/h2*1,3-5H2,2H3;4*1H3;;. The van der Waals surface area contributed by atoms with E-state index in [1.54, 1.807) is 0 Å². The van der Waals surface area contributed by atoms with Crippen molar-refractivity contribution >= 4 is 39.5 Å². The topological polar surface area (TPSA) is 18.5 Å². The van der Waals surface area contributed by atoms with Crippen LogP contribution in [-0.2, 0) is 9.47 Å². The molecular weight excluding hydrogens is 438 g/mol. The SMILES string of the molecule is CCOCC[CH2][Sn]([CH3])[CH3].CCOCC[CH2][Sn]([CH3])[CH3]. The zero-order chi connectivity index (χ0) is 14.2. The molecule has 4 heteroatoms. The summed E-state index contributed by atoms with van der Waals surface area (Å²) in [6, 6.07) is 0. The summed E-state index contributed by atoms with van der Waals surface area (Å²) in [7, 11) is 0. The summed E-state index contributed by atoms with van der Waals surface area (Å²) in [6.07, 6.45) is 2.60. The fourth-order valence-corrected chi connectivity index (χ4v) is 6.20. The minimum atomic E-state index is -0.758. The van der Waals surface area contributed by atoms with E-state index >= 15 is 0 Å². The van der Waals surface area contributed by atoms with Gasteiger partial charge in [0.05, 0.1) is 0 Å². The maximum absolute atomic E-state index is 5.22. The predicted octanol–water partition coefficient (Wildman–Crippen LogP) is 4.33. The molecule has 0 aliphatic carbocycles. The van der Waals surface area contributed by atoms with Crippen molar-refractivity contribution in [2.24, 2.45) is 0 Å². The molecule has 0 aliphatic rings. The zero-order valence-corrected chi connectivity index (χ0v) is 19.2. The van der Waals surface area contributed by atoms with Gasteiger partial charge in [-0.15, -0.1) is 0 Å². The molecule has 110 valence electrons. The van der Waals surface area contributed by atoms with E-state index in [1.807, 2.05) is 0 Å². The molecule has 0 bridgehead atoms. The molecule has 0 N–H and O–H groups in total. The second-order valence-corrected chi connectivity index (χ2v) is 21.7. The third-order valence-electron chi connectivity index (χ3n) is 2.34. The van der Waals surface area contributed by atoms with Crippen LogP contribution in [0.15, 0.2) is 0 Å². The Kier molecular flexibility index (Phi) is 22.4. The summed E-state index contributed by atoms with van der Waals surface area (Å²) in [6.45, 7) is 7.85. The van der Waals surface area contributed by atoms with E-state index in [0.717, 1.165) is 26.4 Å². The van der Waals surface area contributed by atoms with Crippen molar-refractivity contribution in [1.29, 1.82) is 0 Å². The molecule has 0 saturated carbocycles. The van der Waals surface area contributed by atoms with Crippen LogP contribution in [0.2, 0.25) is 28.6 Å². The molecule has 0 saturated heterocycles. The Bertz CT molecular complexity index is 126. The van der Waals surface area contributed by atoms with Gasteiger partial charge in [0.1, 0.15) is 0 Å². The van der Waals surface area contributed by atoms with Gasteiger partial charge in [0.2, 0.25) is 0 Å². The van der Waals surface area contributed by atoms with Gasteiger partial charge in [0.25, 0.3) is 0 Å². The molecule has 0 unspecified atom stereocenters. The van der Waals surface area contributed by atoms with E-state index in [0.29, 0.717) is 0 Å². The van der Waals surface area contributed by atoms with Gasteiger partial charge >= 0.3 is 131 Å². The first-order valence-electron chi connectivity index (χ1n) is 7.28. The average Bonchev–Trinajstić information content (AvgIpc) is 2.31. The van der Waals surface area contributed by atoms with E-state index in [9.17, 15) is 0 Å². The Morgan fingerprint density at radius 3 is 1.22 bits per heavy atom. The monoisotopic (exact) mass is 474 g/mol. The Balaban J connectivity index is 0. The second-order valence-electron chi connectivity index (χ2n) is 5.02. The van der Waals surface area contributed by atoms with Crippen LogP contribution in [0.25, 0.3) is 0 Å². The number of hydrogen-bond donors (Lipinski definition) is 0. The molecule has 0 amide bonds. The first kappa shape index (κ1) is 21.8. The van der Waals surface area contributed by atoms with E-state index in [2.05, 4.69) is 33.6 Å². The van der Waals surface area contributed by atoms with Crippen molar-refractivity contribution in [1.82, 2.24) is 0 Å². The Labute approximate surface area is 130 Å². The minimum absolute atomic E-state index is 0.758. The predicted molar refractivity (Wildman–Crippen MR) is 86.8 cm³/mol. The first-order chi connectivity index (χ1) is 8.54. The molecule has 0 atom stereocenters. The van der Waals surface area contributed by atoms with Crippen LogP contribution in [0.3, 0.4) is 0 Å². The van der Waals surface area contributed by atoms with Gasteiger partial charge in [-0.25, -0.2) is 0 Å². The van der Waals surface area contributed by atoms with E-state index in [4.69, 9.17) is 9.47 Å². The molecule has 0 aromatic carbocycles. The molecular formula is C14H34O2Sn2. The van der Waals surface area contributed by atoms with Gasteiger partial charge in [-0.3, -0.25) is 0 Å². The van der Waals surface area contributed by atoms with Crippen molar-refractivity contribution in [2.45, 2.75) is 55.3 Å². The molecule has 2 nitrogen and oxygen atoms in total. The number of hydrogen-bond acceptors (Lipinski definition) is 2. The summed E-state index contributed by atoms with van der Waals surface area (Å²) in [5, 5.41) is 0. The number of rotatable bonds is 10. The Morgan fingerprint density at radius 2 is 1.00 bits per heavy atom. The Morgan fingerprint density at radius 1 is 0.667 bits per heavy atom. The van der Waals surface area contributed by atoms with Crippen molar-refractivity contribution in [3.05, 3.63) is 0 Å². The van der Waals surface area contributed by atoms with E-state index in [-0.39, 0.29) is 0 Å². The molecule has 0 spiro atoms. The van der Waals surface area contributed by atoms with Crippen molar-refractivity contribution in [2.75, 3.05) is 26.4 Å². The van der Waals surface area contributed by atoms with Gasteiger partial charge in [-0.2, -0.15) is 0 Å². The fraction of sp³-hybridized carbons (Fsp3) is 1.00. The molecule has 0 aromatic heterocycles. The summed E-state index contributed by atoms with van der Waals surface area (Å²) in [5.41, 5.74) is 0. The molecule has 0 heterocycles. The van der Waals surface area contributed by atoms with E-state index in [1.165, 1.54) is 21.7 Å². The Hall–Kier alpha value is 1.52. The van der Waals surface area contributed by atoms with Crippen molar-refractivity contribution in [3.8, 4) is 0 Å². The van der Waals surface area contributed by atoms with E-state index < -0.39 is 39.5 Å². The van der Waals surface area contributed by atoms with Crippen LogP contribution in [0, 0.1) is 0 Å². The summed E-state index contributed by atoms with van der Waals surface area (Å²) in [5.74, 6) is 0. The quantitative estimate of drug-likeness (QED) is 0.349. The third kappa shape index (κ3) is 26.2. The summed E-state index contributed by atoms with van der Waals surface area (Å²) in [4.78, 5) is 9.75. The molecule has 0 aromatic rings. The third-order valence-corrected chi connectivity index (χ3v) is 10.1. The van der Waals surface area contributed by atoms with Gasteiger partial charge in [0, 0.05) is 0 Å². The van der Waals surface area contributed by atoms with Gasteiger partial charge < -0.3 is 0 Å². The van der Waals surface area contributed by atoms with Crippen LogP contribution in [0.1, 0.15) is 26.7 Å². The normalized spacial score (nSPS) is 10.7. The van der Waals surface area contributed by atoms with Crippen LogP contribution in [0.5, 0.6) is 0 Å². The fourth-order valence-electron chi connectivity index (χ4n) is 1.34. The molecule has 0 rings (SSSR count). The second kappa shape index (κ2) is 18.5. The van der Waals surface area contributed by atoms with Gasteiger partial charge in [0.15, 0.2) is 0 Å². The molecule has 0 fully saturated rings. The van der Waals surface area contributed by atoms with Crippen LogP contribution in [0.4, 0.5) is 0 Å². The van der Waals surface area contributed by atoms with Crippen LogP contribution >= 0.6 is 0 Å². The first-order valence-corrected chi connectivity index (χ1v) is 22.7.